The Morgan fingerprint density at radius 2 is 1.83 bits per heavy atom. The monoisotopic (exact) mass is 582 g/mol. The van der Waals surface area contributed by atoms with E-state index in [1.165, 1.54) is 13.2 Å². The quantitative estimate of drug-likeness (QED) is 0.172. The minimum Gasteiger partial charge on any atom is -0.473 e. The van der Waals surface area contributed by atoms with Crippen molar-refractivity contribution in [3.8, 4) is 17.1 Å². The van der Waals surface area contributed by atoms with E-state index in [1.54, 1.807) is 48.8 Å². The molecule has 3 aromatic carbocycles. The van der Waals surface area contributed by atoms with Gasteiger partial charge >= 0.3 is 5.97 Å². The van der Waals surface area contributed by atoms with Crippen LogP contribution < -0.4 is 4.74 Å². The minimum absolute atomic E-state index is 0.262. The molecular formula is C32H27FN4O4S. The van der Waals surface area contributed by atoms with Gasteiger partial charge in [0, 0.05) is 37.3 Å². The predicted octanol–water partition coefficient (Wildman–Crippen LogP) is 6.45. The van der Waals surface area contributed by atoms with E-state index in [4.69, 9.17) is 19.2 Å². The second-order valence-electron chi connectivity index (χ2n) is 9.62. The van der Waals surface area contributed by atoms with Gasteiger partial charge in [-0.1, -0.05) is 30.3 Å². The predicted molar refractivity (Wildman–Crippen MR) is 159 cm³/mol. The lowest BCUT2D eigenvalue weighted by molar-refractivity contribution is 0.0601. The van der Waals surface area contributed by atoms with Crippen molar-refractivity contribution in [2.75, 3.05) is 20.8 Å². The number of rotatable bonds is 10. The van der Waals surface area contributed by atoms with Gasteiger partial charge in [0.2, 0.25) is 5.88 Å². The standard InChI is InChI=1S/C32H27FN4O4S/c1-39-14-13-37-28-16-22(32(38)40-2)11-12-26(28)35-29(37)17-20-9-10-21(15-24(20)33)25-6-4-8-30(36-25)41-18-23-5-3-7-27-31(23)42-19-34-27/h3-12,15-16,19H,13-14,17-18H2,1-2H3. The Morgan fingerprint density at radius 3 is 2.67 bits per heavy atom. The highest BCUT2D eigenvalue weighted by molar-refractivity contribution is 7.16. The molecule has 0 saturated carbocycles. The van der Waals surface area contributed by atoms with Crippen LogP contribution in [0.1, 0.15) is 27.3 Å². The molecule has 0 fully saturated rings. The van der Waals surface area contributed by atoms with Crippen molar-refractivity contribution in [3.05, 3.63) is 107 Å². The fraction of sp³-hybridized carbons (Fsp3) is 0.188. The molecule has 0 bridgehead atoms. The van der Waals surface area contributed by atoms with Crippen LogP contribution >= 0.6 is 11.3 Å². The van der Waals surface area contributed by atoms with Crippen molar-refractivity contribution >= 4 is 38.6 Å². The lowest BCUT2D eigenvalue weighted by Crippen LogP contribution is -2.10. The lowest BCUT2D eigenvalue weighted by Gasteiger charge is -2.11. The summed E-state index contributed by atoms with van der Waals surface area (Å²) in [5.41, 5.74) is 7.43. The molecule has 0 aliphatic heterocycles. The van der Waals surface area contributed by atoms with Gasteiger partial charge < -0.3 is 18.8 Å². The number of carbonyl (C=O) groups excluding carboxylic acids is 1. The number of hydrogen-bond acceptors (Lipinski definition) is 8. The summed E-state index contributed by atoms with van der Waals surface area (Å²) in [6.07, 6.45) is 0.262. The maximum Gasteiger partial charge on any atom is 0.337 e. The van der Waals surface area contributed by atoms with E-state index in [9.17, 15) is 4.79 Å². The van der Waals surface area contributed by atoms with Gasteiger partial charge in [-0.2, -0.15) is 0 Å². The molecule has 212 valence electrons. The van der Waals surface area contributed by atoms with Crippen LogP contribution in [0.2, 0.25) is 0 Å². The molecule has 0 aliphatic rings. The van der Waals surface area contributed by atoms with Gasteiger partial charge in [0.25, 0.3) is 0 Å². The normalized spacial score (nSPS) is 11.3. The van der Waals surface area contributed by atoms with E-state index in [0.29, 0.717) is 59.4 Å². The Morgan fingerprint density at radius 1 is 0.952 bits per heavy atom. The first-order chi connectivity index (χ1) is 20.5. The molecule has 8 nitrogen and oxygen atoms in total. The van der Waals surface area contributed by atoms with Gasteiger partial charge in [-0.3, -0.25) is 0 Å². The molecule has 0 radical (unpaired) electrons. The Kier molecular flexibility index (Phi) is 7.89. The molecule has 0 atom stereocenters. The van der Waals surface area contributed by atoms with Gasteiger partial charge in [-0.15, -0.1) is 11.3 Å². The number of thiazole rings is 1. The van der Waals surface area contributed by atoms with Crippen molar-refractivity contribution in [2.24, 2.45) is 0 Å². The smallest absolute Gasteiger partial charge is 0.337 e. The number of hydrogen-bond donors (Lipinski definition) is 0. The molecule has 0 amide bonds. The maximum atomic E-state index is 15.5. The third-order valence-corrected chi connectivity index (χ3v) is 7.92. The van der Waals surface area contributed by atoms with Crippen LogP contribution in [0.5, 0.6) is 5.88 Å². The fourth-order valence-corrected chi connectivity index (χ4v) is 5.66. The van der Waals surface area contributed by atoms with Gasteiger partial charge in [0.1, 0.15) is 18.2 Å². The molecule has 0 saturated heterocycles. The largest absolute Gasteiger partial charge is 0.473 e. The minimum atomic E-state index is -0.431. The number of imidazole rings is 1. The second-order valence-corrected chi connectivity index (χ2v) is 10.5. The molecule has 0 unspecified atom stereocenters. The van der Waals surface area contributed by atoms with Crippen LogP contribution in [0, 0.1) is 5.82 Å². The van der Waals surface area contributed by atoms with E-state index in [0.717, 1.165) is 21.3 Å². The van der Waals surface area contributed by atoms with Gasteiger partial charge in [0.05, 0.1) is 51.7 Å². The summed E-state index contributed by atoms with van der Waals surface area (Å²) in [4.78, 5) is 25.8. The van der Waals surface area contributed by atoms with Crippen LogP contribution in [0.15, 0.2) is 78.3 Å². The molecule has 3 aromatic heterocycles. The Hall–Kier alpha value is -4.67. The summed E-state index contributed by atoms with van der Waals surface area (Å²) in [5, 5.41) is 0. The third kappa shape index (κ3) is 5.59. The zero-order valence-corrected chi connectivity index (χ0v) is 23.9. The average molecular weight is 583 g/mol. The summed E-state index contributed by atoms with van der Waals surface area (Å²) >= 11 is 1.58. The Bertz CT molecular complexity index is 1900. The molecule has 0 N–H and O–H groups in total. The first-order valence-corrected chi connectivity index (χ1v) is 14.2. The zero-order chi connectivity index (χ0) is 29.1. The number of methoxy groups -OCH3 is 2. The van der Waals surface area contributed by atoms with Crippen LogP contribution in [0.25, 0.3) is 32.5 Å². The fourth-order valence-electron chi connectivity index (χ4n) is 4.87. The number of nitrogens with zero attached hydrogens (tertiary/aromatic N) is 4. The highest BCUT2D eigenvalue weighted by Crippen LogP contribution is 2.27. The van der Waals surface area contributed by atoms with Crippen LogP contribution in [0.3, 0.4) is 0 Å². The molecule has 3 heterocycles. The van der Waals surface area contributed by atoms with Crippen molar-refractivity contribution in [1.82, 2.24) is 19.5 Å². The molecule has 6 aromatic rings. The molecule has 10 heteroatoms. The number of esters is 1. The van der Waals surface area contributed by atoms with Crippen molar-refractivity contribution in [1.29, 1.82) is 0 Å². The van der Waals surface area contributed by atoms with Crippen LogP contribution in [-0.4, -0.2) is 46.3 Å². The summed E-state index contributed by atoms with van der Waals surface area (Å²) in [7, 11) is 2.96. The first kappa shape index (κ1) is 27.5. The topological polar surface area (TPSA) is 88.4 Å². The summed E-state index contributed by atoms with van der Waals surface area (Å²) < 4.78 is 34.7. The third-order valence-electron chi connectivity index (χ3n) is 7.00. The molecular weight excluding hydrogens is 555 g/mol. The van der Waals surface area contributed by atoms with Crippen LogP contribution in [-0.2, 0) is 29.0 Å². The average Bonchev–Trinajstić information content (AvgIpc) is 3.64. The molecule has 0 spiro atoms. The lowest BCUT2D eigenvalue weighted by atomic mass is 10.1. The number of fused-ring (bicyclic) bond motifs is 2. The van der Waals surface area contributed by atoms with Crippen molar-refractivity contribution < 1.29 is 23.4 Å². The maximum absolute atomic E-state index is 15.5. The van der Waals surface area contributed by atoms with Crippen LogP contribution in [0.4, 0.5) is 4.39 Å². The number of ether oxygens (including phenoxy) is 3. The SMILES string of the molecule is COCCn1c(Cc2ccc(-c3cccc(OCc4cccc5ncsc45)n3)cc2F)nc2ccc(C(=O)OC)cc21. The highest BCUT2D eigenvalue weighted by Gasteiger charge is 2.17. The van der Waals surface area contributed by atoms with E-state index in [1.807, 2.05) is 46.5 Å². The van der Waals surface area contributed by atoms with Crippen molar-refractivity contribution in [3.63, 3.8) is 0 Å². The summed E-state index contributed by atoms with van der Waals surface area (Å²) in [6.45, 7) is 1.29. The number of benzene rings is 3. The summed E-state index contributed by atoms with van der Waals surface area (Å²) in [6, 6.07) is 21.7. The van der Waals surface area contributed by atoms with Gasteiger partial charge in [0.15, 0.2) is 0 Å². The second kappa shape index (κ2) is 12.1. The number of pyridine rings is 1. The first-order valence-electron chi connectivity index (χ1n) is 13.3. The number of carbonyl (C=O) groups is 1. The van der Waals surface area contributed by atoms with E-state index in [-0.39, 0.29) is 12.2 Å². The van der Waals surface area contributed by atoms with Gasteiger partial charge in [-0.25, -0.2) is 24.1 Å². The number of halogens is 1. The molecule has 0 aliphatic carbocycles. The van der Waals surface area contributed by atoms with Crippen molar-refractivity contribution in [2.45, 2.75) is 19.6 Å². The molecule has 6 rings (SSSR count). The Balaban J connectivity index is 1.23. The number of aromatic nitrogens is 4. The Labute approximate surface area is 245 Å². The summed E-state index contributed by atoms with van der Waals surface area (Å²) in [5.74, 6) is 0.329. The zero-order valence-electron chi connectivity index (χ0n) is 23.0. The highest BCUT2D eigenvalue weighted by atomic mass is 32.1. The van der Waals surface area contributed by atoms with E-state index < -0.39 is 5.97 Å². The van der Waals surface area contributed by atoms with Gasteiger partial charge in [-0.05, 0) is 42.0 Å². The van der Waals surface area contributed by atoms with E-state index >= 15 is 4.39 Å². The van der Waals surface area contributed by atoms with E-state index in [2.05, 4.69) is 9.97 Å². The molecule has 42 heavy (non-hydrogen) atoms.